The molecule has 0 aliphatic rings. The van der Waals surface area contributed by atoms with Gasteiger partial charge in [-0.25, -0.2) is 4.79 Å². The Bertz CT molecular complexity index is 309. The van der Waals surface area contributed by atoms with Gasteiger partial charge >= 0.3 is 5.97 Å². The summed E-state index contributed by atoms with van der Waals surface area (Å²) in [6.45, 7) is 0. The van der Waals surface area contributed by atoms with Gasteiger partial charge < -0.3 is 9.84 Å². The van der Waals surface area contributed by atoms with Gasteiger partial charge in [0.15, 0.2) is 0 Å². The standard InChI is InChI=1S/C8H8O3/c1-11-8(10)6-2-4-7(9)5-3-6/h2-5,9H,1H3/i2D. The van der Waals surface area contributed by atoms with Gasteiger partial charge in [0.05, 0.1) is 14.0 Å². The lowest BCUT2D eigenvalue weighted by Crippen LogP contribution is -1.99. The monoisotopic (exact) mass is 153 g/mol. The van der Waals surface area contributed by atoms with Crippen LogP contribution in [0, 0.1) is 0 Å². The first-order valence-electron chi connectivity index (χ1n) is 3.53. The van der Waals surface area contributed by atoms with Gasteiger partial charge in [-0.05, 0) is 24.2 Å². The highest BCUT2D eigenvalue weighted by molar-refractivity contribution is 5.89. The number of phenolic OH excluding ortho intramolecular Hbond substituents is 1. The Balaban J connectivity index is 3.09. The fourth-order valence-electron chi connectivity index (χ4n) is 0.654. The molecule has 0 aromatic heterocycles. The Morgan fingerprint density at radius 3 is 2.91 bits per heavy atom. The zero-order valence-electron chi connectivity index (χ0n) is 7.00. The molecule has 3 heteroatoms. The summed E-state index contributed by atoms with van der Waals surface area (Å²) in [6.07, 6.45) is 0. The van der Waals surface area contributed by atoms with Crippen molar-refractivity contribution in [2.45, 2.75) is 0 Å². The van der Waals surface area contributed by atoms with E-state index in [-0.39, 0.29) is 17.4 Å². The summed E-state index contributed by atoms with van der Waals surface area (Å²) in [7, 11) is 1.24. The molecule has 0 spiro atoms. The average Bonchev–Trinajstić information content (AvgIpc) is 2.03. The number of phenols is 1. The molecule has 0 fully saturated rings. The van der Waals surface area contributed by atoms with Gasteiger partial charge in [-0.1, -0.05) is 0 Å². The lowest BCUT2D eigenvalue weighted by atomic mass is 10.2. The first-order valence-corrected chi connectivity index (χ1v) is 3.03. The third-order valence-electron chi connectivity index (χ3n) is 1.20. The van der Waals surface area contributed by atoms with Crippen LogP contribution in [0.1, 0.15) is 11.7 Å². The smallest absolute Gasteiger partial charge is 0.337 e. The molecule has 1 rings (SSSR count). The Labute approximate surface area is 65.6 Å². The molecule has 0 bridgehead atoms. The summed E-state index contributed by atoms with van der Waals surface area (Å²) in [4.78, 5) is 10.9. The molecule has 1 N–H and O–H groups in total. The summed E-state index contributed by atoms with van der Waals surface area (Å²) in [6, 6.07) is 3.84. The van der Waals surface area contributed by atoms with Crippen molar-refractivity contribution in [3.8, 4) is 5.75 Å². The van der Waals surface area contributed by atoms with Crippen LogP contribution in [-0.2, 0) is 4.74 Å². The SMILES string of the molecule is [2H]c1cc(O)ccc1C(=O)OC. The molecule has 0 unspecified atom stereocenters. The summed E-state index contributed by atoms with van der Waals surface area (Å²) in [5.74, 6) is -0.604. The first-order chi connectivity index (χ1) is 5.65. The van der Waals surface area contributed by atoms with E-state index in [9.17, 15) is 4.79 Å². The molecule has 0 amide bonds. The van der Waals surface area contributed by atoms with Gasteiger partial charge in [-0.15, -0.1) is 0 Å². The number of aromatic hydroxyl groups is 1. The van der Waals surface area contributed by atoms with Gasteiger partial charge in [-0.2, -0.15) is 0 Å². The number of hydrogen-bond donors (Lipinski definition) is 1. The molecule has 1 aromatic carbocycles. The van der Waals surface area contributed by atoms with Crippen LogP contribution >= 0.6 is 0 Å². The van der Waals surface area contributed by atoms with Crippen LogP contribution in [0.3, 0.4) is 0 Å². The molecule has 0 saturated heterocycles. The van der Waals surface area contributed by atoms with Crippen LogP contribution in [0.5, 0.6) is 5.75 Å². The van der Waals surface area contributed by atoms with E-state index < -0.39 is 5.97 Å². The third kappa shape index (κ3) is 1.70. The highest BCUT2D eigenvalue weighted by atomic mass is 16.5. The zero-order chi connectivity index (χ0) is 9.14. The summed E-state index contributed by atoms with van der Waals surface area (Å²) >= 11 is 0. The maximum atomic E-state index is 10.9. The van der Waals surface area contributed by atoms with Crippen LogP contribution in [-0.4, -0.2) is 18.2 Å². The number of carbonyl (C=O) groups is 1. The third-order valence-corrected chi connectivity index (χ3v) is 1.20. The number of benzene rings is 1. The molecule has 3 nitrogen and oxygen atoms in total. The molecule has 0 aliphatic heterocycles. The molecular weight excluding hydrogens is 144 g/mol. The van der Waals surface area contributed by atoms with E-state index in [1.807, 2.05) is 0 Å². The van der Waals surface area contributed by atoms with Crippen LogP contribution in [0.15, 0.2) is 24.2 Å². The Hall–Kier alpha value is -1.51. The van der Waals surface area contributed by atoms with E-state index in [0.717, 1.165) is 0 Å². The summed E-state index contributed by atoms with van der Waals surface area (Å²) < 4.78 is 11.7. The van der Waals surface area contributed by atoms with E-state index in [4.69, 9.17) is 6.48 Å². The lowest BCUT2D eigenvalue weighted by molar-refractivity contribution is 0.0601. The van der Waals surface area contributed by atoms with Crippen LogP contribution < -0.4 is 0 Å². The Morgan fingerprint density at radius 1 is 1.64 bits per heavy atom. The molecule has 0 heterocycles. The second kappa shape index (κ2) is 3.05. The number of carbonyl (C=O) groups excluding carboxylic acids is 1. The molecular formula is C8H8O3. The van der Waals surface area contributed by atoms with E-state index in [0.29, 0.717) is 0 Å². The van der Waals surface area contributed by atoms with Crippen molar-refractivity contribution in [1.82, 2.24) is 0 Å². The van der Waals surface area contributed by atoms with Gasteiger partial charge in [0.25, 0.3) is 0 Å². The first kappa shape index (κ1) is 6.22. The predicted octanol–water partition coefficient (Wildman–Crippen LogP) is 1.18. The predicted molar refractivity (Wildman–Crippen MR) is 39.4 cm³/mol. The lowest BCUT2D eigenvalue weighted by Gasteiger charge is -1.97. The Morgan fingerprint density at radius 2 is 2.36 bits per heavy atom. The number of esters is 1. The maximum Gasteiger partial charge on any atom is 0.337 e. The molecule has 0 saturated carbocycles. The number of rotatable bonds is 1. The number of methoxy groups -OCH3 is 1. The second-order valence-electron chi connectivity index (χ2n) is 1.95. The van der Waals surface area contributed by atoms with E-state index >= 15 is 0 Å². The van der Waals surface area contributed by atoms with Gasteiger partial charge in [0.2, 0.25) is 0 Å². The van der Waals surface area contributed by atoms with Crippen LogP contribution in [0.25, 0.3) is 0 Å². The fourth-order valence-corrected chi connectivity index (χ4v) is 0.654. The molecule has 1 aromatic rings. The maximum absolute atomic E-state index is 10.9. The molecule has 58 valence electrons. The van der Waals surface area contributed by atoms with Gasteiger partial charge in [0, 0.05) is 0 Å². The molecule has 0 atom stereocenters. The topological polar surface area (TPSA) is 46.5 Å². The van der Waals surface area contributed by atoms with E-state index in [2.05, 4.69) is 4.74 Å². The summed E-state index contributed by atoms with van der Waals surface area (Å²) in [5.41, 5.74) is 0.148. The molecule has 0 radical (unpaired) electrons. The van der Waals surface area contributed by atoms with Crippen molar-refractivity contribution in [2.24, 2.45) is 0 Å². The van der Waals surface area contributed by atoms with Crippen molar-refractivity contribution >= 4 is 5.97 Å². The quantitative estimate of drug-likeness (QED) is 0.616. The van der Waals surface area contributed by atoms with Crippen molar-refractivity contribution < 1.29 is 16.0 Å². The second-order valence-corrected chi connectivity index (χ2v) is 1.95. The van der Waals surface area contributed by atoms with Gasteiger partial charge in [0.1, 0.15) is 5.75 Å². The van der Waals surface area contributed by atoms with Crippen molar-refractivity contribution in [1.29, 1.82) is 0 Å². The summed E-state index contributed by atoms with van der Waals surface area (Å²) in [5, 5.41) is 8.92. The van der Waals surface area contributed by atoms with Crippen molar-refractivity contribution in [2.75, 3.05) is 7.11 Å². The van der Waals surface area contributed by atoms with Crippen LogP contribution in [0.2, 0.25) is 0 Å². The fraction of sp³-hybridized carbons (Fsp3) is 0.125. The zero-order valence-corrected chi connectivity index (χ0v) is 6.00. The van der Waals surface area contributed by atoms with Crippen molar-refractivity contribution in [3.05, 3.63) is 29.8 Å². The average molecular weight is 153 g/mol. The highest BCUT2D eigenvalue weighted by Gasteiger charge is 2.02. The number of ether oxygens (including phenoxy) is 1. The highest BCUT2D eigenvalue weighted by Crippen LogP contribution is 2.09. The molecule has 11 heavy (non-hydrogen) atoms. The number of hydrogen-bond acceptors (Lipinski definition) is 3. The van der Waals surface area contributed by atoms with Gasteiger partial charge in [-0.3, -0.25) is 0 Å². The Kier molecular flexibility index (Phi) is 1.73. The minimum Gasteiger partial charge on any atom is -0.508 e. The normalized spacial score (nSPS) is 10.5. The van der Waals surface area contributed by atoms with E-state index in [1.54, 1.807) is 0 Å². The minimum atomic E-state index is -0.569. The van der Waals surface area contributed by atoms with Crippen molar-refractivity contribution in [3.63, 3.8) is 0 Å². The molecule has 0 aliphatic carbocycles. The minimum absolute atomic E-state index is 0.0346. The van der Waals surface area contributed by atoms with E-state index in [1.165, 1.54) is 25.3 Å². The van der Waals surface area contributed by atoms with Crippen LogP contribution in [0.4, 0.5) is 0 Å². The largest absolute Gasteiger partial charge is 0.508 e.